The largest absolute Gasteiger partial charge is 0.376 e. The van der Waals surface area contributed by atoms with Gasteiger partial charge in [-0.25, -0.2) is 4.39 Å². The van der Waals surface area contributed by atoms with E-state index in [-0.39, 0.29) is 11.9 Å². The topological polar surface area (TPSA) is 61.0 Å². The van der Waals surface area contributed by atoms with Crippen LogP contribution in [0.2, 0.25) is 0 Å². The van der Waals surface area contributed by atoms with Gasteiger partial charge in [-0.1, -0.05) is 35.2 Å². The smallest absolute Gasteiger partial charge is 0.203 e. The Balaban J connectivity index is 1.99. The van der Waals surface area contributed by atoms with Crippen LogP contribution in [0.3, 0.4) is 0 Å². The third-order valence-corrected chi connectivity index (χ3v) is 4.26. The minimum atomic E-state index is -0.252. The molecule has 0 spiro atoms. The summed E-state index contributed by atoms with van der Waals surface area (Å²) in [5.41, 5.74) is 6.44. The third-order valence-electron chi connectivity index (χ3n) is 2.31. The van der Waals surface area contributed by atoms with Crippen molar-refractivity contribution in [3.63, 3.8) is 0 Å². The van der Waals surface area contributed by atoms with E-state index in [1.807, 2.05) is 0 Å². The zero-order valence-electron chi connectivity index (χ0n) is 9.67. The molecule has 0 amide bonds. The fourth-order valence-corrected chi connectivity index (χ4v) is 3.16. The van der Waals surface area contributed by atoms with E-state index in [0.717, 1.165) is 9.90 Å². The number of anilines is 1. The van der Waals surface area contributed by atoms with Crippen molar-refractivity contribution in [2.24, 2.45) is 0 Å². The Morgan fingerprint density at radius 1 is 1.39 bits per heavy atom. The zero-order valence-corrected chi connectivity index (χ0v) is 11.3. The van der Waals surface area contributed by atoms with Crippen molar-refractivity contribution in [2.45, 2.75) is 10.4 Å². The first-order valence-electron chi connectivity index (χ1n) is 5.19. The molecule has 1 heterocycles. The van der Waals surface area contributed by atoms with Crippen molar-refractivity contribution in [1.29, 1.82) is 0 Å². The number of benzene rings is 1. The molecule has 0 radical (unpaired) electrons. The van der Waals surface area contributed by atoms with Crippen LogP contribution in [-0.4, -0.2) is 23.1 Å². The molecule has 4 nitrogen and oxygen atoms in total. The van der Waals surface area contributed by atoms with Crippen LogP contribution in [0.1, 0.15) is 11.7 Å². The minimum Gasteiger partial charge on any atom is -0.376 e. The van der Waals surface area contributed by atoms with E-state index in [9.17, 15) is 4.39 Å². The van der Waals surface area contributed by atoms with Crippen molar-refractivity contribution in [3.8, 4) is 0 Å². The molecule has 0 saturated carbocycles. The Bertz CT molecular complexity index is 503. The van der Waals surface area contributed by atoms with Gasteiger partial charge in [0.2, 0.25) is 5.13 Å². The number of aromatic nitrogens is 2. The zero-order chi connectivity index (χ0) is 13.0. The lowest BCUT2D eigenvalue weighted by Crippen LogP contribution is -2.04. The van der Waals surface area contributed by atoms with Crippen molar-refractivity contribution < 1.29 is 9.13 Å². The Kier molecular flexibility index (Phi) is 4.51. The molecule has 0 bridgehead atoms. The first-order chi connectivity index (χ1) is 8.69. The van der Waals surface area contributed by atoms with Crippen LogP contribution >= 0.6 is 23.1 Å². The standard InChI is InChI=1S/C11H12FN3OS2/c1-16-9(7-2-4-8(12)5-3-7)6-17-11-15-14-10(13)18-11/h2-5,9H,6H2,1H3,(H2,13,14). The van der Waals surface area contributed by atoms with E-state index in [1.54, 1.807) is 19.2 Å². The Morgan fingerprint density at radius 2 is 2.11 bits per heavy atom. The van der Waals surface area contributed by atoms with E-state index < -0.39 is 0 Å². The van der Waals surface area contributed by atoms with Crippen LogP contribution < -0.4 is 5.73 Å². The molecule has 0 saturated heterocycles. The molecular weight excluding hydrogens is 273 g/mol. The number of rotatable bonds is 5. The maximum absolute atomic E-state index is 12.8. The molecule has 0 aliphatic heterocycles. The highest BCUT2D eigenvalue weighted by molar-refractivity contribution is 8.01. The first-order valence-corrected chi connectivity index (χ1v) is 6.99. The highest BCUT2D eigenvalue weighted by Gasteiger charge is 2.12. The molecule has 0 aliphatic carbocycles. The average Bonchev–Trinajstić information content (AvgIpc) is 2.78. The number of hydrogen-bond acceptors (Lipinski definition) is 6. The summed E-state index contributed by atoms with van der Waals surface area (Å²) < 4.78 is 19.0. The highest BCUT2D eigenvalue weighted by atomic mass is 32.2. The first kappa shape index (κ1) is 13.3. The lowest BCUT2D eigenvalue weighted by molar-refractivity contribution is 0.123. The van der Waals surface area contributed by atoms with Gasteiger partial charge in [-0.2, -0.15) is 0 Å². The number of methoxy groups -OCH3 is 1. The predicted molar refractivity (Wildman–Crippen MR) is 71.2 cm³/mol. The molecule has 1 unspecified atom stereocenters. The maximum Gasteiger partial charge on any atom is 0.203 e. The SMILES string of the molecule is COC(CSc1nnc(N)s1)c1ccc(F)cc1. The summed E-state index contributed by atoms with van der Waals surface area (Å²) in [6.07, 6.45) is -0.110. The number of halogens is 1. The molecule has 1 atom stereocenters. The van der Waals surface area contributed by atoms with Gasteiger partial charge in [0.25, 0.3) is 0 Å². The quantitative estimate of drug-likeness (QED) is 0.856. The maximum atomic E-state index is 12.8. The van der Waals surface area contributed by atoms with Crippen LogP contribution in [0.15, 0.2) is 28.6 Å². The molecule has 0 fully saturated rings. The molecule has 0 aliphatic rings. The number of nitrogens with zero attached hydrogens (tertiary/aromatic N) is 2. The normalized spacial score (nSPS) is 12.6. The van der Waals surface area contributed by atoms with Crippen molar-refractivity contribution >= 4 is 28.2 Å². The van der Waals surface area contributed by atoms with Gasteiger partial charge in [0.1, 0.15) is 5.82 Å². The number of ether oxygens (including phenoxy) is 1. The van der Waals surface area contributed by atoms with Crippen LogP contribution in [-0.2, 0) is 4.74 Å². The monoisotopic (exact) mass is 285 g/mol. The average molecular weight is 285 g/mol. The van der Waals surface area contributed by atoms with Crippen molar-refractivity contribution in [2.75, 3.05) is 18.6 Å². The molecular formula is C11H12FN3OS2. The molecule has 1 aromatic heterocycles. The predicted octanol–water partition coefficient (Wildman–Crippen LogP) is 2.74. The number of thioether (sulfide) groups is 1. The number of nitrogens with two attached hydrogens (primary N) is 1. The summed E-state index contributed by atoms with van der Waals surface area (Å²) in [4.78, 5) is 0. The van der Waals surface area contributed by atoms with E-state index in [4.69, 9.17) is 10.5 Å². The van der Waals surface area contributed by atoms with Gasteiger partial charge in [0.15, 0.2) is 4.34 Å². The second-order valence-corrected chi connectivity index (χ2v) is 5.77. The highest BCUT2D eigenvalue weighted by Crippen LogP contribution is 2.29. The van der Waals surface area contributed by atoms with Crippen LogP contribution in [0.5, 0.6) is 0 Å². The van der Waals surface area contributed by atoms with Crippen molar-refractivity contribution in [1.82, 2.24) is 10.2 Å². The summed E-state index contributed by atoms with van der Waals surface area (Å²) in [6, 6.07) is 6.29. The molecule has 2 rings (SSSR count). The number of nitrogen functional groups attached to an aromatic ring is 1. The van der Waals surface area contributed by atoms with E-state index in [0.29, 0.717) is 10.9 Å². The Hall–Kier alpha value is -1.18. The van der Waals surface area contributed by atoms with E-state index >= 15 is 0 Å². The lowest BCUT2D eigenvalue weighted by Gasteiger charge is -2.14. The summed E-state index contributed by atoms with van der Waals surface area (Å²) in [6.45, 7) is 0. The van der Waals surface area contributed by atoms with E-state index in [1.165, 1.54) is 35.2 Å². The molecule has 7 heteroatoms. The van der Waals surface area contributed by atoms with Crippen molar-refractivity contribution in [3.05, 3.63) is 35.6 Å². The minimum absolute atomic E-state index is 0.110. The second kappa shape index (κ2) is 6.12. The Labute approximate surface area is 112 Å². The van der Waals surface area contributed by atoms with Gasteiger partial charge in [-0.3, -0.25) is 0 Å². The van der Waals surface area contributed by atoms with Crippen LogP contribution in [0.25, 0.3) is 0 Å². The van der Waals surface area contributed by atoms with Crippen LogP contribution in [0.4, 0.5) is 9.52 Å². The molecule has 96 valence electrons. The number of hydrogen-bond donors (Lipinski definition) is 1. The lowest BCUT2D eigenvalue weighted by atomic mass is 10.1. The van der Waals surface area contributed by atoms with Gasteiger partial charge in [-0.15, -0.1) is 10.2 Å². The van der Waals surface area contributed by atoms with Gasteiger partial charge < -0.3 is 10.5 Å². The molecule has 2 aromatic rings. The van der Waals surface area contributed by atoms with Gasteiger partial charge in [0, 0.05) is 12.9 Å². The van der Waals surface area contributed by atoms with E-state index in [2.05, 4.69) is 10.2 Å². The summed E-state index contributed by atoms with van der Waals surface area (Å²) in [7, 11) is 1.63. The fraction of sp³-hybridized carbons (Fsp3) is 0.273. The van der Waals surface area contributed by atoms with Gasteiger partial charge in [-0.05, 0) is 17.7 Å². The summed E-state index contributed by atoms with van der Waals surface area (Å²) in [5, 5.41) is 8.11. The summed E-state index contributed by atoms with van der Waals surface area (Å²) >= 11 is 2.86. The third kappa shape index (κ3) is 3.41. The molecule has 2 N–H and O–H groups in total. The van der Waals surface area contributed by atoms with Gasteiger partial charge in [0.05, 0.1) is 6.10 Å². The Morgan fingerprint density at radius 3 is 2.67 bits per heavy atom. The fourth-order valence-electron chi connectivity index (χ4n) is 1.40. The van der Waals surface area contributed by atoms with Gasteiger partial charge >= 0.3 is 0 Å². The van der Waals surface area contributed by atoms with Crippen LogP contribution in [0, 0.1) is 5.82 Å². The molecule has 1 aromatic carbocycles. The molecule has 18 heavy (non-hydrogen) atoms. The summed E-state index contributed by atoms with van der Waals surface area (Å²) in [5.74, 6) is 0.426. The second-order valence-electron chi connectivity index (χ2n) is 3.49.